The Kier molecular flexibility index (Phi) is 9.10. The van der Waals surface area contributed by atoms with Gasteiger partial charge in [0.25, 0.3) is 0 Å². The number of rotatable bonds is 8. The summed E-state index contributed by atoms with van der Waals surface area (Å²) in [5, 5.41) is 4.21. The summed E-state index contributed by atoms with van der Waals surface area (Å²) < 4.78 is 0. The molecule has 1 N–H and O–H groups in total. The van der Waals surface area contributed by atoms with E-state index in [2.05, 4.69) is 44.9 Å². The van der Waals surface area contributed by atoms with Crippen molar-refractivity contribution in [2.75, 3.05) is 12.8 Å². The van der Waals surface area contributed by atoms with Crippen LogP contribution in [0, 0.1) is 0 Å². The summed E-state index contributed by atoms with van der Waals surface area (Å²) in [6.45, 7) is 6.86. The molecule has 13 heavy (non-hydrogen) atoms. The predicted molar refractivity (Wildman–Crippen MR) is 64.6 cm³/mol. The lowest BCUT2D eigenvalue weighted by Crippen LogP contribution is -2.28. The highest BCUT2D eigenvalue weighted by Crippen LogP contribution is 2.17. The Bertz CT molecular complexity index is 106. The molecule has 0 rings (SSSR count). The van der Waals surface area contributed by atoms with E-state index in [1.54, 1.807) is 0 Å². The Balaban J connectivity index is 3.46. The smallest absolute Gasteiger partial charge is 0.0155 e. The van der Waals surface area contributed by atoms with Gasteiger partial charge in [-0.15, -0.1) is 0 Å². The highest BCUT2D eigenvalue weighted by molar-refractivity contribution is 7.99. The second-order valence-electron chi connectivity index (χ2n) is 3.71. The molecule has 0 aromatic heterocycles. The van der Waals surface area contributed by atoms with Crippen LogP contribution in [0.3, 0.4) is 0 Å². The van der Waals surface area contributed by atoms with Crippen LogP contribution in [0.1, 0.15) is 46.5 Å². The largest absolute Gasteiger partial charge is 0.316 e. The summed E-state index contributed by atoms with van der Waals surface area (Å²) in [6, 6.07) is 0.717. The third-order valence-electron chi connectivity index (χ3n) is 2.32. The highest BCUT2D eigenvalue weighted by atomic mass is 32.2. The fourth-order valence-corrected chi connectivity index (χ4v) is 2.73. The molecule has 0 aliphatic heterocycles. The maximum Gasteiger partial charge on any atom is 0.0155 e. The van der Waals surface area contributed by atoms with Crippen molar-refractivity contribution < 1.29 is 0 Å². The molecule has 0 spiro atoms. The minimum atomic E-state index is 0.717. The van der Waals surface area contributed by atoms with Crippen molar-refractivity contribution in [3.05, 3.63) is 0 Å². The Morgan fingerprint density at radius 1 is 1.15 bits per heavy atom. The second kappa shape index (κ2) is 8.89. The van der Waals surface area contributed by atoms with Gasteiger partial charge in [0, 0.05) is 17.0 Å². The van der Waals surface area contributed by atoms with E-state index in [0.29, 0.717) is 6.04 Å². The third-order valence-corrected chi connectivity index (χ3v) is 3.72. The van der Waals surface area contributed by atoms with Crippen LogP contribution in [0.25, 0.3) is 0 Å². The fourth-order valence-electron chi connectivity index (χ4n) is 1.43. The van der Waals surface area contributed by atoms with Gasteiger partial charge in [-0.3, -0.25) is 0 Å². The first-order valence-corrected chi connectivity index (χ1v) is 6.58. The van der Waals surface area contributed by atoms with Crippen molar-refractivity contribution in [2.24, 2.45) is 0 Å². The van der Waals surface area contributed by atoms with Crippen LogP contribution in [0.4, 0.5) is 0 Å². The lowest BCUT2D eigenvalue weighted by Gasteiger charge is -2.17. The Labute approximate surface area is 88.1 Å². The molecule has 80 valence electrons. The second-order valence-corrected chi connectivity index (χ2v) is 5.18. The zero-order valence-corrected chi connectivity index (χ0v) is 10.4. The van der Waals surface area contributed by atoms with Gasteiger partial charge in [0.2, 0.25) is 0 Å². The van der Waals surface area contributed by atoms with E-state index < -0.39 is 0 Å². The van der Waals surface area contributed by atoms with Gasteiger partial charge < -0.3 is 5.32 Å². The minimum Gasteiger partial charge on any atom is -0.316 e. The molecule has 0 aromatic carbocycles. The van der Waals surface area contributed by atoms with Gasteiger partial charge in [-0.05, 0) is 19.9 Å². The SMILES string of the molecule is CCC[C@H](CS[C@@H](C)CCC)NC. The molecule has 0 heterocycles. The van der Waals surface area contributed by atoms with Gasteiger partial charge in [0.05, 0.1) is 0 Å². The average Bonchev–Trinajstić information content (AvgIpc) is 2.12. The normalized spacial score (nSPS) is 15.7. The summed E-state index contributed by atoms with van der Waals surface area (Å²) >= 11 is 2.11. The molecular weight excluding hydrogens is 178 g/mol. The molecular formula is C11H25NS. The number of nitrogens with one attached hydrogen (secondary N) is 1. The summed E-state index contributed by atoms with van der Waals surface area (Å²) in [5.41, 5.74) is 0. The van der Waals surface area contributed by atoms with Crippen LogP contribution in [0.5, 0.6) is 0 Å². The van der Waals surface area contributed by atoms with E-state index in [-0.39, 0.29) is 0 Å². The van der Waals surface area contributed by atoms with Gasteiger partial charge in [0.1, 0.15) is 0 Å². The van der Waals surface area contributed by atoms with Gasteiger partial charge in [-0.25, -0.2) is 0 Å². The van der Waals surface area contributed by atoms with E-state index in [1.165, 1.54) is 31.4 Å². The first-order valence-electron chi connectivity index (χ1n) is 5.53. The molecule has 0 aliphatic rings. The van der Waals surface area contributed by atoms with Gasteiger partial charge in [-0.2, -0.15) is 11.8 Å². The summed E-state index contributed by atoms with van der Waals surface area (Å²) in [6.07, 6.45) is 5.26. The van der Waals surface area contributed by atoms with Crippen molar-refractivity contribution in [3.63, 3.8) is 0 Å². The quantitative estimate of drug-likeness (QED) is 0.649. The predicted octanol–water partition coefficient (Wildman–Crippen LogP) is 3.30. The molecule has 0 aliphatic carbocycles. The maximum absolute atomic E-state index is 3.38. The summed E-state index contributed by atoms with van der Waals surface area (Å²) in [4.78, 5) is 0. The lowest BCUT2D eigenvalue weighted by atomic mass is 10.2. The molecule has 2 atom stereocenters. The molecule has 1 nitrogen and oxygen atoms in total. The van der Waals surface area contributed by atoms with Crippen LogP contribution in [0.15, 0.2) is 0 Å². The van der Waals surface area contributed by atoms with Crippen LogP contribution >= 0.6 is 11.8 Å². The van der Waals surface area contributed by atoms with Crippen LogP contribution in [-0.2, 0) is 0 Å². The van der Waals surface area contributed by atoms with Crippen molar-refractivity contribution in [3.8, 4) is 0 Å². The van der Waals surface area contributed by atoms with Gasteiger partial charge in [-0.1, -0.05) is 33.6 Å². The van der Waals surface area contributed by atoms with E-state index >= 15 is 0 Å². The van der Waals surface area contributed by atoms with Crippen LogP contribution in [0.2, 0.25) is 0 Å². The summed E-state index contributed by atoms with van der Waals surface area (Å²) in [7, 11) is 2.07. The highest BCUT2D eigenvalue weighted by Gasteiger charge is 2.07. The van der Waals surface area contributed by atoms with Crippen molar-refractivity contribution in [1.29, 1.82) is 0 Å². The minimum absolute atomic E-state index is 0.717. The number of hydrogen-bond donors (Lipinski definition) is 1. The third kappa shape index (κ3) is 7.39. The molecule has 0 amide bonds. The van der Waals surface area contributed by atoms with Crippen LogP contribution < -0.4 is 5.32 Å². The number of hydrogen-bond acceptors (Lipinski definition) is 2. The molecule has 0 saturated heterocycles. The first-order chi connectivity index (χ1) is 6.24. The van der Waals surface area contributed by atoms with E-state index in [1.807, 2.05) is 0 Å². The van der Waals surface area contributed by atoms with Gasteiger partial charge in [0.15, 0.2) is 0 Å². The van der Waals surface area contributed by atoms with Gasteiger partial charge >= 0.3 is 0 Å². The molecule has 0 fully saturated rings. The molecule has 0 saturated carbocycles. The van der Waals surface area contributed by atoms with Crippen molar-refractivity contribution in [2.45, 2.75) is 57.7 Å². The lowest BCUT2D eigenvalue weighted by molar-refractivity contribution is 0.563. The number of thioether (sulfide) groups is 1. The van der Waals surface area contributed by atoms with E-state index in [4.69, 9.17) is 0 Å². The summed E-state index contributed by atoms with van der Waals surface area (Å²) in [5.74, 6) is 1.27. The topological polar surface area (TPSA) is 12.0 Å². The molecule has 0 bridgehead atoms. The monoisotopic (exact) mass is 203 g/mol. The van der Waals surface area contributed by atoms with E-state index in [9.17, 15) is 0 Å². The molecule has 2 heteroatoms. The maximum atomic E-state index is 3.38. The molecule has 0 aromatic rings. The zero-order chi connectivity index (χ0) is 10.1. The standard InChI is InChI=1S/C11H25NS/c1-5-7-10(3)13-9-11(12-4)8-6-2/h10-12H,5-9H2,1-4H3/t10-,11+/m0/s1. The Hall–Kier alpha value is 0.310. The fraction of sp³-hybridized carbons (Fsp3) is 1.00. The van der Waals surface area contributed by atoms with Crippen molar-refractivity contribution >= 4 is 11.8 Å². The van der Waals surface area contributed by atoms with Crippen LogP contribution in [-0.4, -0.2) is 24.1 Å². The van der Waals surface area contributed by atoms with Crippen molar-refractivity contribution in [1.82, 2.24) is 5.32 Å². The molecule has 0 radical (unpaired) electrons. The Morgan fingerprint density at radius 2 is 1.77 bits per heavy atom. The molecule has 0 unspecified atom stereocenters. The Morgan fingerprint density at radius 3 is 2.23 bits per heavy atom. The zero-order valence-electron chi connectivity index (χ0n) is 9.60. The van der Waals surface area contributed by atoms with E-state index in [0.717, 1.165) is 5.25 Å². The average molecular weight is 203 g/mol. The first kappa shape index (κ1) is 13.3.